The van der Waals surface area contributed by atoms with Crippen molar-refractivity contribution in [2.24, 2.45) is 0 Å². The van der Waals surface area contributed by atoms with Gasteiger partial charge in [0.25, 0.3) is 0 Å². The van der Waals surface area contributed by atoms with Gasteiger partial charge in [0.05, 0.1) is 5.91 Å². The zero-order chi connectivity index (χ0) is 18.1. The van der Waals surface area contributed by atoms with Crippen LogP contribution in [-0.2, 0) is 26.2 Å². The molecular formula is C21H25Cl2NOSiZr. The number of carbonyl (C=O) groups excluding carboxylic acids is 1. The number of aryl methyl sites for hydroxylation is 3. The molecule has 3 aromatic rings. The van der Waals surface area contributed by atoms with Gasteiger partial charge in [-0.05, 0) is 31.9 Å². The van der Waals surface area contributed by atoms with Gasteiger partial charge in [0.2, 0.25) is 0 Å². The first-order valence-electron chi connectivity index (χ1n) is 7.93. The fourth-order valence-corrected chi connectivity index (χ4v) is 2.61. The van der Waals surface area contributed by atoms with Crippen LogP contribution in [0.15, 0.2) is 54.6 Å². The van der Waals surface area contributed by atoms with Crippen LogP contribution < -0.4 is 24.8 Å². The molecule has 6 heteroatoms. The number of halogens is 2. The zero-order valence-electron chi connectivity index (χ0n) is 16.4. The van der Waals surface area contributed by atoms with E-state index in [4.69, 9.17) is 5.73 Å². The van der Waals surface area contributed by atoms with Gasteiger partial charge in [0, 0.05) is 15.1 Å². The van der Waals surface area contributed by atoms with Crippen LogP contribution >= 0.6 is 0 Å². The van der Waals surface area contributed by atoms with E-state index in [-0.39, 0.29) is 51.0 Å². The molecule has 0 heterocycles. The summed E-state index contributed by atoms with van der Waals surface area (Å²) in [5, 5.41) is 2.66. The summed E-state index contributed by atoms with van der Waals surface area (Å²) in [5.74, 6) is -0.593. The van der Waals surface area contributed by atoms with Crippen molar-refractivity contribution in [1.82, 2.24) is 0 Å². The van der Waals surface area contributed by atoms with E-state index in [2.05, 4.69) is 55.6 Å². The van der Waals surface area contributed by atoms with Gasteiger partial charge in [-0.1, -0.05) is 36.9 Å². The van der Waals surface area contributed by atoms with Gasteiger partial charge in [0.1, 0.15) is 0 Å². The number of amides is 1. The standard InChI is InChI=1S/C10H13NO.C9H7.C2H6Si.2ClH.Zr/c1-6-4-7(2)9(10(11)12)8(3)5-6;1-2-5-9-7-3-6-8(9)4-1;1-3-2;;;/h4-5H,1-3H3,(H2,11,12);1-7H;1-2H3;2*1H;/q;-1;;;;+4/p-3. The smallest absolute Gasteiger partial charge is 1.00 e. The predicted molar refractivity (Wildman–Crippen MR) is 106 cm³/mol. The number of hydrogen-bond donors (Lipinski definition) is 0. The Hall–Kier alpha value is -0.800. The number of nitrogens with one attached hydrogen (secondary N) is 1. The Morgan fingerprint density at radius 3 is 1.89 bits per heavy atom. The summed E-state index contributed by atoms with van der Waals surface area (Å²) in [6.07, 6.45) is 0. The molecule has 0 bridgehead atoms. The maximum atomic E-state index is 10.9. The second kappa shape index (κ2) is 16.2. The number of benzene rings is 2. The Morgan fingerprint density at radius 2 is 1.44 bits per heavy atom. The first-order chi connectivity index (χ1) is 11.4. The third kappa shape index (κ3) is 10.4. The maximum Gasteiger partial charge on any atom is 4.00 e. The minimum atomic E-state index is -0.593. The Balaban J connectivity index is -0.000000345. The first kappa shape index (κ1) is 30.9. The molecule has 0 aliphatic heterocycles. The van der Waals surface area contributed by atoms with Crippen LogP contribution in [0.3, 0.4) is 0 Å². The molecular weight excluding hydrogens is 472 g/mol. The molecule has 1 amide bonds. The number of hydrogen-bond acceptors (Lipinski definition) is 1. The van der Waals surface area contributed by atoms with E-state index in [1.807, 2.05) is 32.9 Å². The van der Waals surface area contributed by atoms with Crippen LogP contribution in [-0.4, -0.2) is 15.4 Å². The summed E-state index contributed by atoms with van der Waals surface area (Å²) < 4.78 is 0. The average molecular weight is 498 g/mol. The summed E-state index contributed by atoms with van der Waals surface area (Å²) >= 11 is 0. The molecule has 0 saturated carbocycles. The minimum absolute atomic E-state index is 0. The van der Waals surface area contributed by atoms with Gasteiger partial charge in [-0.15, -0.1) is 29.7 Å². The number of fused-ring (bicyclic) bond motifs is 1. The van der Waals surface area contributed by atoms with Crippen molar-refractivity contribution in [2.45, 2.75) is 33.9 Å². The molecule has 0 aromatic heterocycles. The van der Waals surface area contributed by atoms with Crippen molar-refractivity contribution >= 4 is 26.2 Å². The number of rotatable bonds is 1. The molecule has 3 aromatic carbocycles. The van der Waals surface area contributed by atoms with E-state index in [0.717, 1.165) is 26.2 Å². The Morgan fingerprint density at radius 1 is 0.963 bits per heavy atom. The zero-order valence-corrected chi connectivity index (χ0v) is 21.3. The predicted octanol–water partition coefficient (Wildman–Crippen LogP) is 0.155. The van der Waals surface area contributed by atoms with Crippen LogP contribution in [0.5, 0.6) is 0 Å². The molecule has 3 rings (SSSR count). The molecule has 1 N–H and O–H groups in total. The summed E-state index contributed by atoms with van der Waals surface area (Å²) in [5.41, 5.74) is 10.5. The van der Waals surface area contributed by atoms with Gasteiger partial charge in [0.15, 0.2) is 0 Å². The third-order valence-corrected chi connectivity index (χ3v) is 3.45. The minimum Gasteiger partial charge on any atom is -1.00 e. The van der Waals surface area contributed by atoms with E-state index in [1.165, 1.54) is 10.8 Å². The molecule has 0 aliphatic carbocycles. The van der Waals surface area contributed by atoms with Crippen LogP contribution in [0, 0.1) is 20.8 Å². The van der Waals surface area contributed by atoms with E-state index in [0.29, 0.717) is 5.56 Å². The molecule has 0 unspecified atom stereocenters. The quantitative estimate of drug-likeness (QED) is 0.349. The molecule has 0 saturated heterocycles. The summed E-state index contributed by atoms with van der Waals surface area (Å²) in [6, 6.07) is 18.5. The van der Waals surface area contributed by atoms with Gasteiger partial charge >= 0.3 is 26.2 Å². The summed E-state index contributed by atoms with van der Waals surface area (Å²) in [6.45, 7) is 10.0. The molecule has 2 radical (unpaired) electrons. The van der Waals surface area contributed by atoms with Crippen LogP contribution in [0.2, 0.25) is 13.1 Å². The topological polar surface area (TPSA) is 40.9 Å². The Kier molecular flexibility index (Phi) is 18.5. The molecule has 2 nitrogen and oxygen atoms in total. The average Bonchev–Trinajstić information content (AvgIpc) is 2.95. The van der Waals surface area contributed by atoms with E-state index >= 15 is 0 Å². The number of carbonyl (C=O) groups is 1. The Bertz CT molecular complexity index is 752. The van der Waals surface area contributed by atoms with Gasteiger partial charge < -0.3 is 35.3 Å². The third-order valence-electron chi connectivity index (χ3n) is 3.45. The SMILES string of the molecule is C[Si]C.Cc1cc(C)c(C([NH-])=O)c(C)c1.[Cl-].[Cl-].[Zr+4].c1ccc2[cH-]ccc2c1. The summed E-state index contributed by atoms with van der Waals surface area (Å²) in [4.78, 5) is 10.9. The second-order valence-corrected chi connectivity index (χ2v) is 6.76. The largest absolute Gasteiger partial charge is 4.00 e. The molecule has 0 aliphatic rings. The summed E-state index contributed by atoms with van der Waals surface area (Å²) in [7, 11) is 1.08. The fourth-order valence-electron chi connectivity index (χ4n) is 2.61. The molecule has 0 atom stereocenters. The van der Waals surface area contributed by atoms with Crippen molar-refractivity contribution in [3.8, 4) is 0 Å². The van der Waals surface area contributed by atoms with E-state index in [1.54, 1.807) is 0 Å². The maximum absolute atomic E-state index is 10.9. The van der Waals surface area contributed by atoms with Crippen LogP contribution in [0.1, 0.15) is 27.0 Å². The molecule has 0 spiro atoms. The Labute approximate surface area is 197 Å². The van der Waals surface area contributed by atoms with Gasteiger partial charge in [-0.25, -0.2) is 0 Å². The second-order valence-electron chi connectivity index (χ2n) is 5.76. The first-order valence-corrected chi connectivity index (χ1v) is 9.93. The van der Waals surface area contributed by atoms with Crippen molar-refractivity contribution in [1.29, 1.82) is 0 Å². The monoisotopic (exact) mass is 495 g/mol. The van der Waals surface area contributed by atoms with Gasteiger partial charge in [-0.2, -0.15) is 17.5 Å². The van der Waals surface area contributed by atoms with E-state index in [9.17, 15) is 4.79 Å². The van der Waals surface area contributed by atoms with Gasteiger partial charge in [-0.3, -0.25) is 0 Å². The van der Waals surface area contributed by atoms with Crippen LogP contribution in [0.25, 0.3) is 16.5 Å². The van der Waals surface area contributed by atoms with Crippen molar-refractivity contribution in [3.63, 3.8) is 0 Å². The van der Waals surface area contributed by atoms with Crippen molar-refractivity contribution in [3.05, 3.63) is 82.6 Å². The molecule has 0 fully saturated rings. The van der Waals surface area contributed by atoms with Crippen molar-refractivity contribution in [2.75, 3.05) is 0 Å². The fraction of sp³-hybridized carbons (Fsp3) is 0.238. The van der Waals surface area contributed by atoms with E-state index < -0.39 is 5.91 Å². The molecule has 142 valence electrons. The van der Waals surface area contributed by atoms with Crippen LogP contribution in [0.4, 0.5) is 0 Å². The molecule has 27 heavy (non-hydrogen) atoms. The van der Waals surface area contributed by atoms with Crippen molar-refractivity contribution < 1.29 is 55.8 Å². The normalized spacial score (nSPS) is 8.48.